The van der Waals surface area contributed by atoms with E-state index in [1.54, 1.807) is 0 Å². The predicted octanol–water partition coefficient (Wildman–Crippen LogP) is 1.17. The molecule has 1 aromatic rings. The lowest BCUT2D eigenvalue weighted by Crippen LogP contribution is -2.55. The standard InChI is InChI=1S/C16H23N5O/c1-11-6-12(2)21(19-11)14-7-20(8-14)9-15(22)18-16(3,10-17)13-4-5-13/h6,13-14H,4-5,7-9H2,1-3H3,(H,18,22). The number of likely N-dealkylation sites (tertiary alicyclic amines) is 1. The van der Waals surface area contributed by atoms with Gasteiger partial charge in [0, 0.05) is 18.8 Å². The second kappa shape index (κ2) is 5.40. The number of carbonyl (C=O) groups is 1. The first-order valence-corrected chi connectivity index (χ1v) is 7.88. The largest absolute Gasteiger partial charge is 0.337 e. The van der Waals surface area contributed by atoms with E-state index in [2.05, 4.69) is 34.4 Å². The van der Waals surface area contributed by atoms with Gasteiger partial charge in [-0.3, -0.25) is 14.4 Å². The van der Waals surface area contributed by atoms with Crippen molar-refractivity contribution in [3.8, 4) is 6.07 Å². The normalized spacial score (nSPS) is 21.7. The number of amides is 1. The summed E-state index contributed by atoms with van der Waals surface area (Å²) in [6.07, 6.45) is 2.07. The molecule has 1 N–H and O–H groups in total. The second-order valence-electron chi connectivity index (χ2n) is 6.86. The molecule has 2 fully saturated rings. The minimum atomic E-state index is -0.697. The van der Waals surface area contributed by atoms with Gasteiger partial charge in [0.1, 0.15) is 5.54 Å². The highest BCUT2D eigenvalue weighted by Gasteiger charge is 2.43. The van der Waals surface area contributed by atoms with E-state index in [4.69, 9.17) is 0 Å². The molecule has 1 aliphatic carbocycles. The smallest absolute Gasteiger partial charge is 0.235 e. The minimum absolute atomic E-state index is 0.0530. The van der Waals surface area contributed by atoms with Gasteiger partial charge in [-0.1, -0.05) is 0 Å². The molecule has 0 aromatic carbocycles. The first kappa shape index (κ1) is 15.0. The fourth-order valence-electron chi connectivity index (χ4n) is 3.26. The summed E-state index contributed by atoms with van der Waals surface area (Å²) in [5.41, 5.74) is 1.50. The fraction of sp³-hybridized carbons (Fsp3) is 0.688. The van der Waals surface area contributed by atoms with Crippen molar-refractivity contribution in [2.45, 2.75) is 45.2 Å². The van der Waals surface area contributed by atoms with Crippen LogP contribution in [0.5, 0.6) is 0 Å². The summed E-state index contributed by atoms with van der Waals surface area (Å²) in [5, 5.41) is 16.7. The maximum atomic E-state index is 12.1. The zero-order chi connectivity index (χ0) is 15.9. The highest BCUT2D eigenvalue weighted by Crippen LogP contribution is 2.39. The highest BCUT2D eigenvalue weighted by molar-refractivity contribution is 5.79. The van der Waals surface area contributed by atoms with Crippen LogP contribution >= 0.6 is 0 Å². The summed E-state index contributed by atoms with van der Waals surface area (Å²) in [4.78, 5) is 14.2. The first-order chi connectivity index (χ1) is 10.4. The third-order valence-corrected chi connectivity index (χ3v) is 4.72. The van der Waals surface area contributed by atoms with Gasteiger partial charge in [-0.2, -0.15) is 10.4 Å². The van der Waals surface area contributed by atoms with Crippen LogP contribution in [0.15, 0.2) is 6.07 Å². The summed E-state index contributed by atoms with van der Waals surface area (Å²) < 4.78 is 2.05. The van der Waals surface area contributed by atoms with Gasteiger partial charge in [-0.25, -0.2) is 0 Å². The summed E-state index contributed by atoms with van der Waals surface area (Å²) in [7, 11) is 0. The summed E-state index contributed by atoms with van der Waals surface area (Å²) in [6.45, 7) is 7.92. The summed E-state index contributed by atoms with van der Waals surface area (Å²) in [6, 6.07) is 4.69. The number of nitrogens with zero attached hydrogens (tertiary/aromatic N) is 4. The molecule has 1 atom stereocenters. The number of aromatic nitrogens is 2. The topological polar surface area (TPSA) is 74.0 Å². The van der Waals surface area contributed by atoms with Gasteiger partial charge in [0.15, 0.2) is 0 Å². The molecule has 1 unspecified atom stereocenters. The van der Waals surface area contributed by atoms with E-state index in [1.165, 1.54) is 0 Å². The molecule has 0 radical (unpaired) electrons. The van der Waals surface area contributed by atoms with Crippen molar-refractivity contribution in [2.75, 3.05) is 19.6 Å². The molecule has 118 valence electrons. The third kappa shape index (κ3) is 2.86. The van der Waals surface area contributed by atoms with E-state index in [0.717, 1.165) is 37.3 Å². The van der Waals surface area contributed by atoms with Gasteiger partial charge in [0.2, 0.25) is 5.91 Å². The lowest BCUT2D eigenvalue weighted by atomic mass is 9.98. The predicted molar refractivity (Wildman–Crippen MR) is 82.1 cm³/mol. The molecule has 22 heavy (non-hydrogen) atoms. The highest BCUT2D eigenvalue weighted by atomic mass is 16.2. The number of nitrogens with one attached hydrogen (secondary N) is 1. The molecule has 6 nitrogen and oxygen atoms in total. The lowest BCUT2D eigenvalue weighted by Gasteiger charge is -2.39. The van der Waals surface area contributed by atoms with Gasteiger partial charge in [-0.05, 0) is 45.6 Å². The van der Waals surface area contributed by atoms with Crippen molar-refractivity contribution in [1.29, 1.82) is 5.26 Å². The fourth-order valence-corrected chi connectivity index (χ4v) is 3.26. The number of rotatable bonds is 5. The van der Waals surface area contributed by atoms with Crippen LogP contribution in [-0.2, 0) is 4.79 Å². The average Bonchev–Trinajstić information content (AvgIpc) is 3.20. The number of aryl methyl sites for hydroxylation is 2. The van der Waals surface area contributed by atoms with Crippen LogP contribution in [0.3, 0.4) is 0 Å². The quantitative estimate of drug-likeness (QED) is 0.886. The monoisotopic (exact) mass is 301 g/mol. The van der Waals surface area contributed by atoms with Crippen LogP contribution in [-0.4, -0.2) is 45.8 Å². The van der Waals surface area contributed by atoms with Crippen LogP contribution in [0, 0.1) is 31.1 Å². The Morgan fingerprint density at radius 3 is 2.68 bits per heavy atom. The van der Waals surface area contributed by atoms with Gasteiger partial charge in [-0.15, -0.1) is 0 Å². The zero-order valence-corrected chi connectivity index (χ0v) is 13.5. The number of nitriles is 1. The van der Waals surface area contributed by atoms with E-state index >= 15 is 0 Å². The van der Waals surface area contributed by atoms with E-state index in [1.807, 2.05) is 18.5 Å². The Morgan fingerprint density at radius 2 is 2.18 bits per heavy atom. The van der Waals surface area contributed by atoms with Crippen LogP contribution < -0.4 is 5.32 Å². The molecule has 1 aromatic heterocycles. The molecule has 1 saturated carbocycles. The number of hydrogen-bond acceptors (Lipinski definition) is 4. The van der Waals surface area contributed by atoms with Gasteiger partial charge in [0.25, 0.3) is 0 Å². The SMILES string of the molecule is Cc1cc(C)n(C2CN(CC(=O)NC(C)(C#N)C3CC3)C2)n1. The minimum Gasteiger partial charge on any atom is -0.337 e. The average molecular weight is 301 g/mol. The molecule has 6 heteroatoms. The maximum absolute atomic E-state index is 12.1. The Hall–Kier alpha value is -1.87. The molecule has 0 spiro atoms. The lowest BCUT2D eigenvalue weighted by molar-refractivity contribution is -0.125. The van der Waals surface area contributed by atoms with Crippen LogP contribution in [0.25, 0.3) is 0 Å². The Morgan fingerprint density at radius 1 is 1.50 bits per heavy atom. The molecule has 2 aliphatic rings. The van der Waals surface area contributed by atoms with E-state index in [9.17, 15) is 10.1 Å². The van der Waals surface area contributed by atoms with Crippen molar-refractivity contribution in [2.24, 2.45) is 5.92 Å². The Balaban J connectivity index is 1.49. The third-order valence-electron chi connectivity index (χ3n) is 4.72. The van der Waals surface area contributed by atoms with E-state index < -0.39 is 5.54 Å². The van der Waals surface area contributed by atoms with E-state index in [-0.39, 0.29) is 5.91 Å². The van der Waals surface area contributed by atoms with Gasteiger partial charge >= 0.3 is 0 Å². The van der Waals surface area contributed by atoms with Crippen molar-refractivity contribution in [1.82, 2.24) is 20.0 Å². The van der Waals surface area contributed by atoms with E-state index in [0.29, 0.717) is 18.5 Å². The maximum Gasteiger partial charge on any atom is 0.235 e. The van der Waals surface area contributed by atoms with Crippen molar-refractivity contribution in [3.05, 3.63) is 17.5 Å². The van der Waals surface area contributed by atoms with Crippen LogP contribution in [0.4, 0.5) is 0 Å². The molecular formula is C16H23N5O. The molecule has 1 amide bonds. The number of carbonyl (C=O) groups excluding carboxylic acids is 1. The molecule has 1 aliphatic heterocycles. The second-order valence-corrected chi connectivity index (χ2v) is 6.86. The Kier molecular flexibility index (Phi) is 3.69. The van der Waals surface area contributed by atoms with Gasteiger partial charge < -0.3 is 5.32 Å². The van der Waals surface area contributed by atoms with Gasteiger partial charge in [0.05, 0.1) is 24.3 Å². The zero-order valence-electron chi connectivity index (χ0n) is 13.5. The first-order valence-electron chi connectivity index (χ1n) is 7.88. The van der Waals surface area contributed by atoms with Crippen molar-refractivity contribution in [3.63, 3.8) is 0 Å². The molecule has 2 heterocycles. The Bertz CT molecular complexity index is 621. The molecular weight excluding hydrogens is 278 g/mol. The summed E-state index contributed by atoms with van der Waals surface area (Å²) >= 11 is 0. The van der Waals surface area contributed by atoms with Crippen LogP contribution in [0.1, 0.15) is 37.2 Å². The van der Waals surface area contributed by atoms with Crippen molar-refractivity contribution >= 4 is 5.91 Å². The molecule has 3 rings (SSSR count). The Labute approximate surface area is 131 Å². The van der Waals surface area contributed by atoms with Crippen LogP contribution in [0.2, 0.25) is 0 Å². The number of hydrogen-bond donors (Lipinski definition) is 1. The summed E-state index contributed by atoms with van der Waals surface area (Å²) in [5.74, 6) is 0.267. The molecule has 0 bridgehead atoms. The molecule has 1 saturated heterocycles. The van der Waals surface area contributed by atoms with Crippen molar-refractivity contribution < 1.29 is 4.79 Å².